The molecule has 0 bridgehead atoms. The third-order valence-corrected chi connectivity index (χ3v) is 3.32. The van der Waals surface area contributed by atoms with Gasteiger partial charge in [0.05, 0.1) is 0 Å². The minimum absolute atomic E-state index is 0.291. The number of carbonyl (C=O) groups is 2. The van der Waals surface area contributed by atoms with Gasteiger partial charge in [-0.2, -0.15) is 0 Å². The summed E-state index contributed by atoms with van der Waals surface area (Å²) in [4.78, 5) is 22.2. The molecular formula is C13H24N2O3. The van der Waals surface area contributed by atoms with Crippen LogP contribution in [-0.2, 0) is 4.79 Å². The van der Waals surface area contributed by atoms with Crippen molar-refractivity contribution in [3.63, 3.8) is 0 Å². The summed E-state index contributed by atoms with van der Waals surface area (Å²) in [7, 11) is 0. The predicted molar refractivity (Wildman–Crippen MR) is 68.9 cm³/mol. The number of aliphatic hydroxyl groups is 1. The minimum atomic E-state index is -1.68. The van der Waals surface area contributed by atoms with Crippen molar-refractivity contribution in [2.24, 2.45) is 0 Å². The lowest BCUT2D eigenvalue weighted by Crippen LogP contribution is -2.46. The van der Waals surface area contributed by atoms with Gasteiger partial charge in [-0.15, -0.1) is 0 Å². The number of nitrogens with one attached hydrogen (secondary N) is 2. The minimum Gasteiger partial charge on any atom is -0.363 e. The first-order valence-electron chi connectivity index (χ1n) is 6.94. The molecule has 1 aliphatic rings. The van der Waals surface area contributed by atoms with Crippen LogP contribution in [-0.4, -0.2) is 22.8 Å². The highest BCUT2D eigenvalue weighted by molar-refractivity contribution is 6.05. The Morgan fingerprint density at radius 2 is 1.56 bits per heavy atom. The maximum absolute atomic E-state index is 11.3. The monoisotopic (exact) mass is 256 g/mol. The normalized spacial score (nSPS) is 23.0. The molecule has 5 nitrogen and oxygen atoms in total. The Morgan fingerprint density at radius 1 is 1.00 bits per heavy atom. The molecule has 5 heteroatoms. The second kappa shape index (κ2) is 7.36. The van der Waals surface area contributed by atoms with Crippen LogP contribution in [0, 0.1) is 0 Å². The van der Waals surface area contributed by atoms with Gasteiger partial charge in [-0.25, -0.2) is 4.79 Å². The summed E-state index contributed by atoms with van der Waals surface area (Å²) in [5.74, 6) is -0.629. The van der Waals surface area contributed by atoms with Gasteiger partial charge in [0.1, 0.15) is 0 Å². The van der Waals surface area contributed by atoms with E-state index in [1.165, 1.54) is 32.1 Å². The highest BCUT2D eigenvalue weighted by Crippen LogP contribution is 2.17. The van der Waals surface area contributed by atoms with Gasteiger partial charge >= 0.3 is 6.03 Å². The van der Waals surface area contributed by atoms with Crippen molar-refractivity contribution in [2.75, 3.05) is 0 Å². The van der Waals surface area contributed by atoms with Crippen molar-refractivity contribution in [1.82, 2.24) is 10.6 Å². The molecule has 1 aliphatic heterocycles. The number of unbranched alkanes of at least 4 members (excludes halogenated alkanes) is 7. The number of rotatable bonds is 9. The van der Waals surface area contributed by atoms with Crippen molar-refractivity contribution in [1.29, 1.82) is 0 Å². The first-order valence-corrected chi connectivity index (χ1v) is 6.94. The Balaban J connectivity index is 2.04. The Hall–Kier alpha value is -1.10. The predicted octanol–water partition coefficient (Wildman–Crippen LogP) is 2.05. The highest BCUT2D eigenvalue weighted by atomic mass is 16.3. The molecule has 3 amide bonds. The van der Waals surface area contributed by atoms with Crippen LogP contribution in [0.15, 0.2) is 0 Å². The van der Waals surface area contributed by atoms with E-state index in [-0.39, 0.29) is 0 Å². The lowest BCUT2D eigenvalue weighted by atomic mass is 10.0. The maximum Gasteiger partial charge on any atom is 0.324 e. The lowest BCUT2D eigenvalue weighted by molar-refractivity contribution is -0.137. The van der Waals surface area contributed by atoms with Crippen molar-refractivity contribution in [3.8, 4) is 0 Å². The summed E-state index contributed by atoms with van der Waals surface area (Å²) in [5, 5.41) is 14.2. The van der Waals surface area contributed by atoms with E-state index in [1.54, 1.807) is 0 Å². The molecule has 0 aliphatic carbocycles. The Labute approximate surface area is 108 Å². The molecule has 104 valence electrons. The van der Waals surface area contributed by atoms with Gasteiger partial charge in [0.25, 0.3) is 5.91 Å². The molecule has 1 rings (SSSR count). The smallest absolute Gasteiger partial charge is 0.324 e. The zero-order valence-electron chi connectivity index (χ0n) is 11.1. The van der Waals surface area contributed by atoms with Crippen LogP contribution < -0.4 is 10.6 Å². The quantitative estimate of drug-likeness (QED) is 0.436. The number of hydrogen-bond donors (Lipinski definition) is 3. The van der Waals surface area contributed by atoms with Gasteiger partial charge in [0.15, 0.2) is 0 Å². The zero-order valence-corrected chi connectivity index (χ0v) is 11.1. The molecule has 0 spiro atoms. The lowest BCUT2D eigenvalue weighted by Gasteiger charge is -2.18. The van der Waals surface area contributed by atoms with Gasteiger partial charge < -0.3 is 10.4 Å². The second-order valence-corrected chi connectivity index (χ2v) is 4.99. The molecule has 1 heterocycles. The fraction of sp³-hybridized carbons (Fsp3) is 0.846. The van der Waals surface area contributed by atoms with Gasteiger partial charge in [0.2, 0.25) is 5.72 Å². The molecule has 3 N–H and O–H groups in total. The third kappa shape index (κ3) is 4.64. The van der Waals surface area contributed by atoms with Crippen LogP contribution in [0.3, 0.4) is 0 Å². The van der Waals surface area contributed by atoms with E-state index in [9.17, 15) is 14.7 Å². The van der Waals surface area contributed by atoms with Gasteiger partial charge in [-0.05, 0) is 6.42 Å². The van der Waals surface area contributed by atoms with E-state index >= 15 is 0 Å². The SMILES string of the molecule is CCCCCCCCCCC1(O)NC(=O)NC1=O. The second-order valence-electron chi connectivity index (χ2n) is 4.99. The van der Waals surface area contributed by atoms with Crippen LogP contribution in [0.1, 0.15) is 64.7 Å². The molecule has 1 atom stereocenters. The largest absolute Gasteiger partial charge is 0.363 e. The van der Waals surface area contributed by atoms with Crippen LogP contribution in [0.2, 0.25) is 0 Å². The molecule has 0 aromatic carbocycles. The average Bonchev–Trinajstić information content (AvgIpc) is 2.57. The van der Waals surface area contributed by atoms with Crippen LogP contribution in [0.5, 0.6) is 0 Å². The van der Waals surface area contributed by atoms with Crippen molar-refractivity contribution < 1.29 is 14.7 Å². The number of urea groups is 1. The molecular weight excluding hydrogens is 232 g/mol. The van der Waals surface area contributed by atoms with Crippen molar-refractivity contribution >= 4 is 11.9 Å². The number of imide groups is 1. The molecule has 0 aromatic heterocycles. The first-order chi connectivity index (χ1) is 8.58. The molecule has 1 unspecified atom stereocenters. The van der Waals surface area contributed by atoms with Crippen molar-refractivity contribution in [3.05, 3.63) is 0 Å². The number of hydrogen-bond acceptors (Lipinski definition) is 3. The number of amides is 3. The summed E-state index contributed by atoms with van der Waals surface area (Å²) in [6, 6.07) is -0.609. The Bertz CT molecular complexity index is 294. The molecule has 0 aromatic rings. The first kappa shape index (κ1) is 15.0. The van der Waals surface area contributed by atoms with Crippen LogP contribution in [0.4, 0.5) is 4.79 Å². The molecule has 18 heavy (non-hydrogen) atoms. The Kier molecular flexibility index (Phi) is 6.12. The topological polar surface area (TPSA) is 78.4 Å². The van der Waals surface area contributed by atoms with Crippen LogP contribution in [0.25, 0.3) is 0 Å². The summed E-state index contributed by atoms with van der Waals surface area (Å²) in [6.07, 6.45) is 9.45. The van der Waals surface area contributed by atoms with E-state index < -0.39 is 17.7 Å². The van der Waals surface area contributed by atoms with Crippen LogP contribution >= 0.6 is 0 Å². The van der Waals surface area contributed by atoms with Gasteiger partial charge in [0, 0.05) is 6.42 Å². The summed E-state index contributed by atoms with van der Waals surface area (Å²) in [6.45, 7) is 2.20. The zero-order chi connectivity index (χ0) is 13.4. The maximum atomic E-state index is 11.3. The Morgan fingerprint density at radius 3 is 2.06 bits per heavy atom. The third-order valence-electron chi connectivity index (χ3n) is 3.32. The van der Waals surface area contributed by atoms with Gasteiger partial charge in [-0.3, -0.25) is 10.1 Å². The molecule has 1 fully saturated rings. The van der Waals surface area contributed by atoms with E-state index in [0.717, 1.165) is 19.3 Å². The fourth-order valence-corrected chi connectivity index (χ4v) is 2.17. The van der Waals surface area contributed by atoms with Gasteiger partial charge in [-0.1, -0.05) is 51.9 Å². The summed E-state index contributed by atoms with van der Waals surface area (Å²) in [5.41, 5.74) is -1.68. The van der Waals surface area contributed by atoms with Crippen molar-refractivity contribution in [2.45, 2.75) is 70.4 Å². The highest BCUT2D eigenvalue weighted by Gasteiger charge is 2.43. The molecule has 1 saturated heterocycles. The fourth-order valence-electron chi connectivity index (χ4n) is 2.17. The molecule has 0 radical (unpaired) electrons. The standard InChI is InChI=1S/C13H24N2O3/c1-2-3-4-5-6-7-8-9-10-13(18)11(16)14-12(17)15-13/h18H,2-10H2,1H3,(H2,14,15,16,17). The van der Waals surface area contributed by atoms with E-state index in [0.29, 0.717) is 6.42 Å². The average molecular weight is 256 g/mol. The summed E-state index contributed by atoms with van der Waals surface area (Å²) < 4.78 is 0. The van der Waals surface area contributed by atoms with E-state index in [1.807, 2.05) is 5.32 Å². The number of carbonyl (C=O) groups excluding carboxylic acids is 2. The van der Waals surface area contributed by atoms with E-state index in [4.69, 9.17) is 0 Å². The molecule has 0 saturated carbocycles. The summed E-state index contributed by atoms with van der Waals surface area (Å²) >= 11 is 0. The van der Waals surface area contributed by atoms with E-state index in [2.05, 4.69) is 12.2 Å².